The van der Waals surface area contributed by atoms with E-state index in [1.54, 1.807) is 54.6 Å². The highest BCUT2D eigenvalue weighted by Gasteiger charge is 2.31. The number of anilines is 1. The van der Waals surface area contributed by atoms with Crippen LogP contribution in [0.4, 0.5) is 10.5 Å². The largest absolute Gasteiger partial charge is 0.494 e. The Bertz CT molecular complexity index is 1740. The Balaban J connectivity index is 1.83. The van der Waals surface area contributed by atoms with Crippen LogP contribution in [0.1, 0.15) is 25.6 Å². The topological polar surface area (TPSA) is 148 Å². The van der Waals surface area contributed by atoms with Crippen LogP contribution in [-0.2, 0) is 16.3 Å². The molecule has 0 bridgehead atoms. The lowest BCUT2D eigenvalue weighted by molar-refractivity contribution is 0.203. The molecule has 0 saturated carbocycles. The molecule has 0 saturated heterocycles. The van der Waals surface area contributed by atoms with E-state index < -0.39 is 32.3 Å². The number of aromatic hydroxyl groups is 1. The monoisotopic (exact) mass is 593 g/mol. The highest BCUT2D eigenvalue weighted by Crippen LogP contribution is 2.38. The van der Waals surface area contributed by atoms with Gasteiger partial charge in [0.15, 0.2) is 4.90 Å². The molecule has 1 amide bonds. The Hall–Kier alpha value is -4.84. The number of carbonyl (C=O) groups is 1. The van der Waals surface area contributed by atoms with E-state index >= 15 is 0 Å². The Morgan fingerprint density at radius 3 is 2.00 bits per heavy atom. The summed E-state index contributed by atoms with van der Waals surface area (Å²) in [7, 11) is -0.257. The lowest BCUT2D eigenvalue weighted by Crippen LogP contribution is -2.25. The smallest absolute Gasteiger partial charge is 0.411 e. The molecule has 42 heavy (non-hydrogen) atoms. The minimum Gasteiger partial charge on any atom is -0.494 e. The second-order valence-electron chi connectivity index (χ2n) is 9.35. The van der Waals surface area contributed by atoms with Gasteiger partial charge in [-0.05, 0) is 53.9 Å². The third-order valence-electron chi connectivity index (χ3n) is 6.79. The number of hydrogen-bond acceptors (Lipinski definition) is 8. The number of ether oxygens (including phenoxy) is 2. The molecule has 0 unspecified atom stereocenters. The van der Waals surface area contributed by atoms with Crippen LogP contribution < -0.4 is 19.9 Å². The first-order valence-corrected chi connectivity index (χ1v) is 14.5. The lowest BCUT2D eigenvalue weighted by atomic mass is 10.1. The average molecular weight is 594 g/mol. The van der Waals surface area contributed by atoms with Gasteiger partial charge in [-0.1, -0.05) is 43.7 Å². The molecule has 0 spiro atoms. The molecule has 2 N–H and O–H groups in total. The fourth-order valence-corrected chi connectivity index (χ4v) is 5.83. The minimum atomic E-state index is -4.53. The number of unbranched alkanes of at least 4 members (excludes halogenated alkanes) is 1. The maximum Gasteiger partial charge on any atom is 0.411 e. The summed E-state index contributed by atoms with van der Waals surface area (Å²) in [6, 6.07) is 17.4. The van der Waals surface area contributed by atoms with E-state index in [4.69, 9.17) is 14.6 Å². The molecule has 1 aromatic heterocycles. The molecular formula is C30H31N3O8S. The zero-order chi connectivity index (χ0) is 30.6. The Labute approximate surface area is 243 Å². The minimum absolute atomic E-state index is 0.161. The average Bonchev–Trinajstić information content (AvgIpc) is 2.99. The van der Waals surface area contributed by atoms with Gasteiger partial charge < -0.3 is 19.7 Å². The first-order valence-electron chi connectivity index (χ1n) is 13.0. The van der Waals surface area contributed by atoms with E-state index in [1.165, 1.54) is 38.0 Å². The molecule has 11 nitrogen and oxygen atoms in total. The van der Waals surface area contributed by atoms with Gasteiger partial charge in [-0.15, -0.1) is 0 Å². The van der Waals surface area contributed by atoms with E-state index in [1.807, 2.05) is 6.92 Å². The zero-order valence-corrected chi connectivity index (χ0v) is 24.4. The summed E-state index contributed by atoms with van der Waals surface area (Å²) in [6.45, 7) is 1.96. The van der Waals surface area contributed by atoms with Crippen molar-refractivity contribution in [3.05, 3.63) is 82.9 Å². The van der Waals surface area contributed by atoms with E-state index in [0.717, 1.165) is 16.9 Å². The van der Waals surface area contributed by atoms with Crippen molar-refractivity contribution < 1.29 is 32.9 Å². The van der Waals surface area contributed by atoms with Crippen LogP contribution in [0.15, 0.2) is 81.3 Å². The Kier molecular flexibility index (Phi) is 8.86. The van der Waals surface area contributed by atoms with Gasteiger partial charge in [0, 0.05) is 19.2 Å². The van der Waals surface area contributed by atoms with Crippen LogP contribution in [0.5, 0.6) is 17.4 Å². The molecule has 3 aromatic carbocycles. The van der Waals surface area contributed by atoms with Crippen LogP contribution >= 0.6 is 0 Å². The first-order chi connectivity index (χ1) is 20.0. The summed E-state index contributed by atoms with van der Waals surface area (Å²) >= 11 is 0. The highest BCUT2D eigenvalue weighted by molar-refractivity contribution is 7.91. The normalized spacial score (nSPS) is 11.2. The standard InChI is InChI=1S/C30H31N3O8S/c1-5-6-10-25-31-28(34)27(29(35)33(25)26-23(40-3)8-7-9-24(26)41-4)42(38,39)22-17-13-20(14-18-22)19-11-15-21(16-12-19)32(2)30(36)37/h7-9,11-18,35H,5-6,10H2,1-4H3,(H,36,37). The number of para-hydroxylation sites is 1. The van der Waals surface area contributed by atoms with E-state index in [0.29, 0.717) is 17.7 Å². The molecule has 0 radical (unpaired) electrons. The molecule has 4 aromatic rings. The van der Waals surface area contributed by atoms with Crippen molar-refractivity contribution in [1.29, 1.82) is 0 Å². The summed E-state index contributed by atoms with van der Waals surface area (Å²) in [6.07, 6.45) is 0.586. The first kappa shape index (κ1) is 30.1. The van der Waals surface area contributed by atoms with Crippen molar-refractivity contribution in [1.82, 2.24) is 9.55 Å². The van der Waals surface area contributed by atoms with Gasteiger partial charge in [-0.2, -0.15) is 4.98 Å². The fourth-order valence-electron chi connectivity index (χ4n) is 4.49. The third kappa shape index (κ3) is 5.66. The van der Waals surface area contributed by atoms with Gasteiger partial charge in [0.05, 0.1) is 19.1 Å². The molecule has 220 valence electrons. The molecule has 0 aliphatic heterocycles. The number of carboxylic acid groups (broad SMARTS) is 1. The predicted molar refractivity (Wildman–Crippen MR) is 157 cm³/mol. The summed E-state index contributed by atoms with van der Waals surface area (Å²) < 4.78 is 39.7. The van der Waals surface area contributed by atoms with Gasteiger partial charge in [0.2, 0.25) is 15.7 Å². The summed E-state index contributed by atoms with van der Waals surface area (Å²) in [5.41, 5.74) is 0.982. The fraction of sp³-hybridized carbons (Fsp3) is 0.233. The SMILES string of the molecule is CCCCc1nc(=O)c(S(=O)(=O)c2ccc(-c3ccc(N(C)C(=O)O)cc3)cc2)c(O)n1-c1c(OC)cccc1OC. The molecule has 1 heterocycles. The predicted octanol–water partition coefficient (Wildman–Crippen LogP) is 4.91. The van der Waals surface area contributed by atoms with Crippen molar-refractivity contribution >= 4 is 21.6 Å². The van der Waals surface area contributed by atoms with Crippen LogP contribution in [0.25, 0.3) is 16.8 Å². The number of rotatable bonds is 10. The molecule has 0 atom stereocenters. The third-order valence-corrected chi connectivity index (χ3v) is 8.57. The number of aryl methyl sites for hydroxylation is 1. The van der Waals surface area contributed by atoms with Crippen molar-refractivity contribution in [3.8, 4) is 34.2 Å². The molecule has 0 fully saturated rings. The van der Waals surface area contributed by atoms with Crippen LogP contribution in [0, 0.1) is 0 Å². The number of amides is 1. The maximum absolute atomic E-state index is 13.8. The lowest BCUT2D eigenvalue weighted by Gasteiger charge is -2.21. The molecule has 4 rings (SSSR count). The summed E-state index contributed by atoms with van der Waals surface area (Å²) in [5.74, 6) is -0.0817. The number of methoxy groups -OCH3 is 2. The van der Waals surface area contributed by atoms with E-state index in [9.17, 15) is 23.1 Å². The van der Waals surface area contributed by atoms with Crippen molar-refractivity contribution in [2.24, 2.45) is 0 Å². The maximum atomic E-state index is 13.8. The Morgan fingerprint density at radius 1 is 0.952 bits per heavy atom. The van der Waals surface area contributed by atoms with Gasteiger partial charge >= 0.3 is 6.09 Å². The highest BCUT2D eigenvalue weighted by atomic mass is 32.2. The van der Waals surface area contributed by atoms with Crippen molar-refractivity contribution in [2.45, 2.75) is 36.0 Å². The van der Waals surface area contributed by atoms with Crippen LogP contribution in [0.3, 0.4) is 0 Å². The van der Waals surface area contributed by atoms with Crippen LogP contribution in [-0.4, -0.2) is 55.5 Å². The van der Waals surface area contributed by atoms with Crippen molar-refractivity contribution in [2.75, 3.05) is 26.2 Å². The number of benzene rings is 3. The van der Waals surface area contributed by atoms with E-state index in [2.05, 4.69) is 4.98 Å². The van der Waals surface area contributed by atoms with Crippen molar-refractivity contribution in [3.63, 3.8) is 0 Å². The van der Waals surface area contributed by atoms with Gasteiger partial charge in [-0.25, -0.2) is 13.2 Å². The number of nitrogens with zero attached hydrogens (tertiary/aromatic N) is 3. The number of sulfone groups is 1. The second-order valence-corrected chi connectivity index (χ2v) is 11.2. The molecule has 0 aliphatic carbocycles. The summed E-state index contributed by atoms with van der Waals surface area (Å²) in [5, 5.41) is 20.6. The van der Waals surface area contributed by atoms with E-state index in [-0.39, 0.29) is 34.3 Å². The van der Waals surface area contributed by atoms with Crippen LogP contribution in [0.2, 0.25) is 0 Å². The van der Waals surface area contributed by atoms with Gasteiger partial charge in [0.1, 0.15) is 23.0 Å². The number of aromatic nitrogens is 2. The van der Waals surface area contributed by atoms with Gasteiger partial charge in [-0.3, -0.25) is 14.3 Å². The molecule has 12 heteroatoms. The zero-order valence-electron chi connectivity index (χ0n) is 23.6. The molecular weight excluding hydrogens is 562 g/mol. The molecule has 0 aliphatic rings. The Morgan fingerprint density at radius 2 is 1.50 bits per heavy atom. The number of hydrogen-bond donors (Lipinski definition) is 2. The van der Waals surface area contributed by atoms with Gasteiger partial charge in [0.25, 0.3) is 5.56 Å². The quantitative estimate of drug-likeness (QED) is 0.262. The second kappa shape index (κ2) is 12.4. The summed E-state index contributed by atoms with van der Waals surface area (Å²) in [4.78, 5) is 28.5.